The molecular weight excluding hydrogens is 252 g/mol. The lowest BCUT2D eigenvalue weighted by Crippen LogP contribution is -2.47. The highest BCUT2D eigenvalue weighted by molar-refractivity contribution is 5.91. The first-order chi connectivity index (χ1) is 9.71. The van der Waals surface area contributed by atoms with Crippen molar-refractivity contribution in [3.05, 3.63) is 23.7 Å². The Balaban J connectivity index is 2.15. The van der Waals surface area contributed by atoms with E-state index >= 15 is 0 Å². The molecule has 1 aromatic rings. The SMILES string of the molecule is CCc1ccc(C(=O)N(CC)C2CCCCC2CN)o1. The molecule has 4 heteroatoms. The van der Waals surface area contributed by atoms with Crippen LogP contribution < -0.4 is 5.73 Å². The van der Waals surface area contributed by atoms with E-state index in [1.807, 2.05) is 24.8 Å². The van der Waals surface area contributed by atoms with Crippen LogP contribution in [0.4, 0.5) is 0 Å². The molecule has 20 heavy (non-hydrogen) atoms. The van der Waals surface area contributed by atoms with Gasteiger partial charge in [-0.3, -0.25) is 4.79 Å². The quantitative estimate of drug-likeness (QED) is 0.901. The smallest absolute Gasteiger partial charge is 0.289 e. The summed E-state index contributed by atoms with van der Waals surface area (Å²) in [6, 6.07) is 3.95. The third-order valence-corrected chi connectivity index (χ3v) is 4.39. The van der Waals surface area contributed by atoms with Crippen molar-refractivity contribution in [3.8, 4) is 0 Å². The van der Waals surface area contributed by atoms with Crippen molar-refractivity contribution in [2.45, 2.75) is 52.0 Å². The maximum absolute atomic E-state index is 12.7. The summed E-state index contributed by atoms with van der Waals surface area (Å²) in [5, 5.41) is 0. The van der Waals surface area contributed by atoms with Gasteiger partial charge in [-0.25, -0.2) is 0 Å². The Morgan fingerprint density at radius 3 is 2.70 bits per heavy atom. The molecule has 1 heterocycles. The van der Waals surface area contributed by atoms with Gasteiger partial charge in [0.05, 0.1) is 0 Å². The molecule has 112 valence electrons. The minimum Gasteiger partial charge on any atom is -0.456 e. The normalized spacial score (nSPS) is 22.8. The van der Waals surface area contributed by atoms with Gasteiger partial charge in [-0.05, 0) is 44.4 Å². The highest BCUT2D eigenvalue weighted by Gasteiger charge is 2.32. The lowest BCUT2D eigenvalue weighted by atomic mass is 9.83. The van der Waals surface area contributed by atoms with Crippen LogP contribution in [0.5, 0.6) is 0 Å². The molecule has 0 spiro atoms. The van der Waals surface area contributed by atoms with Gasteiger partial charge in [-0.15, -0.1) is 0 Å². The van der Waals surface area contributed by atoms with Gasteiger partial charge in [0.25, 0.3) is 5.91 Å². The molecule has 2 N–H and O–H groups in total. The van der Waals surface area contributed by atoms with E-state index in [0.29, 0.717) is 24.8 Å². The van der Waals surface area contributed by atoms with Crippen molar-refractivity contribution >= 4 is 5.91 Å². The van der Waals surface area contributed by atoms with E-state index in [1.165, 1.54) is 12.8 Å². The zero-order valence-electron chi connectivity index (χ0n) is 12.6. The Labute approximate surface area is 121 Å². The molecule has 2 atom stereocenters. The molecule has 1 saturated carbocycles. The number of furan rings is 1. The van der Waals surface area contributed by atoms with Gasteiger partial charge >= 0.3 is 0 Å². The fourth-order valence-electron chi connectivity index (χ4n) is 3.23. The lowest BCUT2D eigenvalue weighted by molar-refractivity contribution is 0.0527. The van der Waals surface area contributed by atoms with Crippen molar-refractivity contribution in [3.63, 3.8) is 0 Å². The van der Waals surface area contributed by atoms with Crippen LogP contribution in [0, 0.1) is 5.92 Å². The largest absolute Gasteiger partial charge is 0.456 e. The van der Waals surface area contributed by atoms with Crippen LogP contribution in [-0.2, 0) is 6.42 Å². The topological polar surface area (TPSA) is 59.5 Å². The van der Waals surface area contributed by atoms with E-state index in [-0.39, 0.29) is 11.9 Å². The first-order valence-corrected chi connectivity index (χ1v) is 7.81. The number of hydrogen-bond donors (Lipinski definition) is 1. The summed E-state index contributed by atoms with van der Waals surface area (Å²) in [6.45, 7) is 5.43. The zero-order valence-corrected chi connectivity index (χ0v) is 12.6. The Hall–Kier alpha value is -1.29. The summed E-state index contributed by atoms with van der Waals surface area (Å²) in [5.74, 6) is 1.76. The summed E-state index contributed by atoms with van der Waals surface area (Å²) in [6.07, 6.45) is 5.41. The summed E-state index contributed by atoms with van der Waals surface area (Å²) in [4.78, 5) is 14.6. The predicted octanol–water partition coefficient (Wildman–Crippen LogP) is 2.82. The fourth-order valence-corrected chi connectivity index (χ4v) is 3.23. The monoisotopic (exact) mass is 278 g/mol. The Morgan fingerprint density at radius 2 is 2.10 bits per heavy atom. The summed E-state index contributed by atoms with van der Waals surface area (Å²) in [5.41, 5.74) is 5.89. The van der Waals surface area contributed by atoms with E-state index in [2.05, 4.69) is 0 Å². The van der Waals surface area contributed by atoms with E-state index < -0.39 is 0 Å². The molecule has 1 aliphatic carbocycles. The third kappa shape index (κ3) is 3.06. The third-order valence-electron chi connectivity index (χ3n) is 4.39. The van der Waals surface area contributed by atoms with E-state index in [0.717, 1.165) is 25.0 Å². The van der Waals surface area contributed by atoms with Crippen molar-refractivity contribution in [2.75, 3.05) is 13.1 Å². The van der Waals surface area contributed by atoms with E-state index in [1.54, 1.807) is 6.07 Å². The number of carbonyl (C=O) groups excluding carboxylic acids is 1. The Morgan fingerprint density at radius 1 is 1.35 bits per heavy atom. The average molecular weight is 278 g/mol. The Bertz CT molecular complexity index is 441. The van der Waals surface area contributed by atoms with Gasteiger partial charge in [0.2, 0.25) is 0 Å². The highest BCUT2D eigenvalue weighted by Crippen LogP contribution is 2.29. The van der Waals surface area contributed by atoms with Crippen molar-refractivity contribution < 1.29 is 9.21 Å². The van der Waals surface area contributed by atoms with Crippen molar-refractivity contribution in [2.24, 2.45) is 11.7 Å². The van der Waals surface area contributed by atoms with Crippen LogP contribution in [0.15, 0.2) is 16.5 Å². The number of hydrogen-bond acceptors (Lipinski definition) is 3. The van der Waals surface area contributed by atoms with Crippen LogP contribution in [0.25, 0.3) is 0 Å². The van der Waals surface area contributed by atoms with Gasteiger partial charge in [-0.2, -0.15) is 0 Å². The molecule has 4 nitrogen and oxygen atoms in total. The Kier molecular flexibility index (Phi) is 5.24. The molecule has 1 aromatic heterocycles. The second-order valence-corrected chi connectivity index (χ2v) is 5.56. The maximum Gasteiger partial charge on any atom is 0.289 e. The standard InChI is InChI=1S/C16H26N2O2/c1-3-13-9-10-15(20-13)16(19)18(4-2)14-8-6-5-7-12(14)11-17/h9-10,12,14H,3-8,11,17H2,1-2H3. The van der Waals surface area contributed by atoms with Gasteiger partial charge in [-0.1, -0.05) is 19.8 Å². The number of carbonyl (C=O) groups is 1. The summed E-state index contributed by atoms with van der Waals surface area (Å²) < 4.78 is 5.61. The molecule has 2 rings (SSSR count). The molecule has 1 aliphatic rings. The van der Waals surface area contributed by atoms with Gasteiger partial charge < -0.3 is 15.1 Å². The molecule has 2 unspecified atom stereocenters. The molecule has 0 aliphatic heterocycles. The van der Waals surface area contributed by atoms with Crippen LogP contribution in [0.3, 0.4) is 0 Å². The first-order valence-electron chi connectivity index (χ1n) is 7.81. The van der Waals surface area contributed by atoms with Crippen molar-refractivity contribution in [1.82, 2.24) is 4.90 Å². The lowest BCUT2D eigenvalue weighted by Gasteiger charge is -2.38. The van der Waals surface area contributed by atoms with Crippen LogP contribution >= 0.6 is 0 Å². The second-order valence-electron chi connectivity index (χ2n) is 5.56. The number of rotatable bonds is 5. The predicted molar refractivity (Wildman–Crippen MR) is 79.6 cm³/mol. The first kappa shape index (κ1) is 15.1. The molecule has 0 aromatic carbocycles. The summed E-state index contributed by atoms with van der Waals surface area (Å²) in [7, 11) is 0. The van der Waals surface area contributed by atoms with Crippen molar-refractivity contribution in [1.29, 1.82) is 0 Å². The molecule has 0 radical (unpaired) electrons. The molecule has 0 bridgehead atoms. The number of nitrogens with zero attached hydrogens (tertiary/aromatic N) is 1. The van der Waals surface area contributed by atoms with Gasteiger partial charge in [0.15, 0.2) is 5.76 Å². The minimum atomic E-state index is 0.0116. The molecule has 1 amide bonds. The highest BCUT2D eigenvalue weighted by atomic mass is 16.4. The number of nitrogens with two attached hydrogens (primary N) is 1. The molecule has 0 saturated heterocycles. The van der Waals surface area contributed by atoms with Crippen LogP contribution in [0.1, 0.15) is 55.8 Å². The van der Waals surface area contributed by atoms with Gasteiger partial charge in [0, 0.05) is 19.0 Å². The van der Waals surface area contributed by atoms with Crippen LogP contribution in [-0.4, -0.2) is 29.9 Å². The molecule has 1 fully saturated rings. The number of amides is 1. The zero-order chi connectivity index (χ0) is 14.5. The summed E-state index contributed by atoms with van der Waals surface area (Å²) >= 11 is 0. The van der Waals surface area contributed by atoms with E-state index in [4.69, 9.17) is 10.2 Å². The number of aryl methyl sites for hydroxylation is 1. The maximum atomic E-state index is 12.7. The van der Waals surface area contributed by atoms with Crippen LogP contribution in [0.2, 0.25) is 0 Å². The fraction of sp³-hybridized carbons (Fsp3) is 0.688. The van der Waals surface area contributed by atoms with E-state index in [9.17, 15) is 4.79 Å². The second kappa shape index (κ2) is 6.93. The average Bonchev–Trinajstić information content (AvgIpc) is 2.97. The van der Waals surface area contributed by atoms with Gasteiger partial charge in [0.1, 0.15) is 5.76 Å². The minimum absolute atomic E-state index is 0.0116. The molecular formula is C16H26N2O2.